The van der Waals surface area contributed by atoms with Crippen LogP contribution in [0.25, 0.3) is 11.4 Å². The maximum atomic E-state index is 14.1. The minimum absolute atomic E-state index is 0.00792. The molecule has 1 aromatic heterocycles. The van der Waals surface area contributed by atoms with Crippen molar-refractivity contribution in [2.24, 2.45) is 0 Å². The number of carbonyl (C=O) groups excluding carboxylic acids is 1. The number of rotatable bonds is 7. The van der Waals surface area contributed by atoms with E-state index < -0.39 is 5.82 Å². The van der Waals surface area contributed by atoms with E-state index >= 15 is 0 Å². The van der Waals surface area contributed by atoms with E-state index in [0.717, 1.165) is 0 Å². The molecule has 0 saturated carbocycles. The number of carbonyl (C=O) groups is 1. The molecule has 1 amide bonds. The molecule has 3 aromatic rings. The van der Waals surface area contributed by atoms with Crippen molar-refractivity contribution in [1.29, 1.82) is 0 Å². The largest absolute Gasteiger partial charge is 0.494 e. The van der Waals surface area contributed by atoms with Gasteiger partial charge in [0.25, 0.3) is 0 Å². The van der Waals surface area contributed by atoms with Gasteiger partial charge < -0.3 is 23.6 Å². The number of aromatic nitrogens is 2. The smallest absolute Gasteiger partial charge is 0.232 e. The van der Waals surface area contributed by atoms with Gasteiger partial charge in [0.1, 0.15) is 0 Å². The molecule has 2 heterocycles. The normalized spacial score (nSPS) is 16.0. The van der Waals surface area contributed by atoms with Gasteiger partial charge in [0.2, 0.25) is 17.6 Å². The lowest BCUT2D eigenvalue weighted by atomic mass is 10.1. The molecule has 1 atom stereocenters. The highest BCUT2D eigenvalue weighted by molar-refractivity contribution is 5.96. The molecule has 1 fully saturated rings. The second-order valence-electron chi connectivity index (χ2n) is 7.71. The van der Waals surface area contributed by atoms with E-state index in [9.17, 15) is 9.18 Å². The van der Waals surface area contributed by atoms with Crippen LogP contribution >= 0.6 is 0 Å². The van der Waals surface area contributed by atoms with Gasteiger partial charge in [-0.25, -0.2) is 4.39 Å². The average molecular weight is 441 g/mol. The molecule has 1 aliphatic rings. The molecule has 0 N–H and O–H groups in total. The number of hydrogen-bond donors (Lipinski definition) is 0. The van der Waals surface area contributed by atoms with E-state index in [1.165, 1.54) is 24.1 Å². The van der Waals surface area contributed by atoms with Crippen LogP contribution in [0.2, 0.25) is 0 Å². The van der Waals surface area contributed by atoms with Gasteiger partial charge in [-0.15, -0.1) is 0 Å². The summed E-state index contributed by atoms with van der Waals surface area (Å²) in [5.41, 5.74) is 1.16. The number of ether oxygens (including phenoxy) is 3. The van der Waals surface area contributed by atoms with E-state index in [2.05, 4.69) is 10.1 Å². The fourth-order valence-electron chi connectivity index (χ4n) is 3.62. The van der Waals surface area contributed by atoms with Crippen LogP contribution in [-0.4, -0.2) is 42.9 Å². The summed E-state index contributed by atoms with van der Waals surface area (Å²) in [5.74, 6) is 1.08. The molecule has 1 saturated heterocycles. The first-order chi connectivity index (χ1) is 15.4. The van der Waals surface area contributed by atoms with E-state index in [0.29, 0.717) is 41.0 Å². The number of methoxy groups -OCH3 is 2. The molecule has 168 valence electrons. The van der Waals surface area contributed by atoms with Crippen molar-refractivity contribution in [2.45, 2.75) is 32.3 Å². The van der Waals surface area contributed by atoms with Crippen LogP contribution in [0.5, 0.6) is 17.2 Å². The van der Waals surface area contributed by atoms with Gasteiger partial charge in [0.15, 0.2) is 23.1 Å². The lowest BCUT2D eigenvalue weighted by Gasteiger charge is -2.16. The Bertz CT molecular complexity index is 1130. The lowest BCUT2D eigenvalue weighted by molar-refractivity contribution is -0.117. The van der Waals surface area contributed by atoms with E-state index in [4.69, 9.17) is 18.7 Å². The summed E-state index contributed by atoms with van der Waals surface area (Å²) in [6, 6.07) is 9.82. The number of halogens is 1. The van der Waals surface area contributed by atoms with Crippen LogP contribution in [0, 0.1) is 5.82 Å². The Balaban J connectivity index is 1.53. The Labute approximate surface area is 184 Å². The summed E-state index contributed by atoms with van der Waals surface area (Å²) < 4.78 is 35.6. The number of nitrogens with zero attached hydrogens (tertiary/aromatic N) is 3. The van der Waals surface area contributed by atoms with Crippen molar-refractivity contribution < 1.29 is 27.9 Å². The third kappa shape index (κ3) is 4.23. The van der Waals surface area contributed by atoms with Gasteiger partial charge in [0, 0.05) is 30.3 Å². The molecule has 2 aromatic carbocycles. The summed E-state index contributed by atoms with van der Waals surface area (Å²) in [7, 11) is 2.96. The summed E-state index contributed by atoms with van der Waals surface area (Å²) in [5, 5.41) is 4.07. The second kappa shape index (κ2) is 8.86. The van der Waals surface area contributed by atoms with Crippen LogP contribution < -0.4 is 19.1 Å². The van der Waals surface area contributed by atoms with Crippen molar-refractivity contribution in [3.63, 3.8) is 0 Å². The van der Waals surface area contributed by atoms with E-state index in [1.807, 2.05) is 19.9 Å². The van der Waals surface area contributed by atoms with Gasteiger partial charge in [-0.1, -0.05) is 5.16 Å². The SMILES string of the molecule is COc1ccc(N2CC(c3nc(-c4ccc(OC(C)C)c(OC)c4)no3)CC2=O)cc1F. The number of amides is 1. The monoisotopic (exact) mass is 441 g/mol. The molecular formula is C23H24FN3O5. The molecule has 0 aliphatic carbocycles. The predicted octanol–water partition coefficient (Wildman–Crippen LogP) is 4.20. The van der Waals surface area contributed by atoms with Crippen molar-refractivity contribution in [3.8, 4) is 28.6 Å². The van der Waals surface area contributed by atoms with Crippen LogP contribution in [0.3, 0.4) is 0 Å². The van der Waals surface area contributed by atoms with Gasteiger partial charge >= 0.3 is 0 Å². The second-order valence-corrected chi connectivity index (χ2v) is 7.71. The third-order valence-corrected chi connectivity index (χ3v) is 5.15. The molecule has 1 unspecified atom stereocenters. The molecule has 1 aliphatic heterocycles. The summed E-state index contributed by atoms with van der Waals surface area (Å²) in [6.45, 7) is 4.19. The van der Waals surface area contributed by atoms with Crippen molar-refractivity contribution >= 4 is 11.6 Å². The Morgan fingerprint density at radius 2 is 1.84 bits per heavy atom. The van der Waals surface area contributed by atoms with Crippen LogP contribution in [0.15, 0.2) is 40.9 Å². The van der Waals surface area contributed by atoms with Gasteiger partial charge in [-0.2, -0.15) is 4.98 Å². The minimum atomic E-state index is -0.528. The zero-order chi connectivity index (χ0) is 22.8. The highest BCUT2D eigenvalue weighted by Gasteiger charge is 2.35. The summed E-state index contributed by atoms with van der Waals surface area (Å²) in [4.78, 5) is 18.6. The highest BCUT2D eigenvalue weighted by atomic mass is 19.1. The third-order valence-electron chi connectivity index (χ3n) is 5.15. The maximum Gasteiger partial charge on any atom is 0.232 e. The quantitative estimate of drug-likeness (QED) is 0.543. The Morgan fingerprint density at radius 3 is 2.53 bits per heavy atom. The summed E-state index contributed by atoms with van der Waals surface area (Å²) >= 11 is 0. The molecule has 32 heavy (non-hydrogen) atoms. The standard InChI is InChI=1S/C23H24FN3O5/c1-13(2)31-19-7-5-14(9-20(19)30-4)22-25-23(32-26-22)15-10-21(28)27(12-15)16-6-8-18(29-3)17(24)11-16/h5-9,11,13,15H,10,12H2,1-4H3. The number of anilines is 1. The molecule has 0 radical (unpaired) electrons. The number of benzene rings is 2. The molecule has 4 rings (SSSR count). The predicted molar refractivity (Wildman–Crippen MR) is 115 cm³/mol. The summed E-state index contributed by atoms with van der Waals surface area (Å²) in [6.07, 6.45) is 0.202. The highest BCUT2D eigenvalue weighted by Crippen LogP contribution is 2.35. The fourth-order valence-corrected chi connectivity index (χ4v) is 3.62. The minimum Gasteiger partial charge on any atom is -0.494 e. The van der Waals surface area contributed by atoms with Gasteiger partial charge in [-0.3, -0.25) is 4.79 Å². The Kier molecular flexibility index (Phi) is 5.98. The maximum absolute atomic E-state index is 14.1. The van der Waals surface area contributed by atoms with Crippen LogP contribution in [0.1, 0.15) is 32.1 Å². The number of hydrogen-bond acceptors (Lipinski definition) is 7. The van der Waals surface area contributed by atoms with Crippen molar-refractivity contribution in [1.82, 2.24) is 10.1 Å². The van der Waals surface area contributed by atoms with Crippen molar-refractivity contribution in [2.75, 3.05) is 25.7 Å². The topological polar surface area (TPSA) is 86.9 Å². The van der Waals surface area contributed by atoms with Crippen LogP contribution in [0.4, 0.5) is 10.1 Å². The van der Waals surface area contributed by atoms with E-state index in [1.54, 1.807) is 25.3 Å². The Hall–Kier alpha value is -3.62. The van der Waals surface area contributed by atoms with E-state index in [-0.39, 0.29) is 30.1 Å². The molecule has 9 heteroatoms. The molecule has 0 bridgehead atoms. The molecule has 0 spiro atoms. The van der Waals surface area contributed by atoms with Gasteiger partial charge in [0.05, 0.1) is 26.2 Å². The molecular weight excluding hydrogens is 417 g/mol. The molecule has 8 nitrogen and oxygen atoms in total. The first kappa shape index (κ1) is 21.6. The van der Waals surface area contributed by atoms with Gasteiger partial charge in [-0.05, 0) is 44.2 Å². The van der Waals surface area contributed by atoms with Crippen molar-refractivity contribution in [3.05, 3.63) is 48.1 Å². The Morgan fingerprint density at radius 1 is 1.09 bits per heavy atom. The zero-order valence-electron chi connectivity index (χ0n) is 18.3. The zero-order valence-corrected chi connectivity index (χ0v) is 18.3. The first-order valence-corrected chi connectivity index (χ1v) is 10.2. The average Bonchev–Trinajstić information content (AvgIpc) is 3.40. The van der Waals surface area contributed by atoms with Crippen LogP contribution in [-0.2, 0) is 4.79 Å². The fraction of sp³-hybridized carbons (Fsp3) is 0.348. The first-order valence-electron chi connectivity index (χ1n) is 10.2. The lowest BCUT2D eigenvalue weighted by Crippen LogP contribution is -2.24.